The molecule has 4 heterocycles. The third-order valence-electron chi connectivity index (χ3n) is 21.1. The smallest absolute Gasteiger partial charge is 0.323 e. The number of nitrogens with one attached hydrogen (secondary N) is 10. The number of amides is 8. The van der Waals surface area contributed by atoms with E-state index in [1.807, 2.05) is 49.4 Å². The number of nitrogens with two attached hydrogens (primary N) is 2. The maximum atomic E-state index is 12.9. The number of azo groups is 3. The minimum atomic E-state index is -0.779. The summed E-state index contributed by atoms with van der Waals surface area (Å²) in [4.78, 5) is 154. The van der Waals surface area contributed by atoms with E-state index in [1.165, 1.54) is 87.4 Å². The van der Waals surface area contributed by atoms with Gasteiger partial charge >= 0.3 is 11.7 Å². The number of ketones is 1. The van der Waals surface area contributed by atoms with E-state index < -0.39 is 39.4 Å². The molecule has 18 N–H and O–H groups in total. The number of carboxylic acid groups (broad SMARTS) is 1. The first-order chi connectivity index (χ1) is 65.9. The molecule has 0 saturated carbocycles. The molecule has 0 spiro atoms. The van der Waals surface area contributed by atoms with Gasteiger partial charge in [0.1, 0.15) is 23.1 Å². The van der Waals surface area contributed by atoms with Crippen molar-refractivity contribution in [3.05, 3.63) is 323 Å². The van der Waals surface area contributed by atoms with Gasteiger partial charge in [-0.15, -0.1) is 15.3 Å². The summed E-state index contributed by atoms with van der Waals surface area (Å²) in [7, 11) is 0. The number of carbonyl (C=O) groups excluding carboxylic acids is 9. The number of aliphatic hydroxyl groups excluding tert-OH is 3. The standard InChI is InChI=1S/C31H34N6O4.C18H15N5O5.C18H17N5O3.C14H20O2.C10H10N2O4.C8H8N2O.8CH4.H2P/c1-4-21(22-9-6-5-7-10-22)14-13-19(2)29(39)32-23-11-8-12-24(17-23)33-30(40)28(20(3)38)37-36-25-15-16-26-27(18-25)35-31(41)34-26;1-10(24)17(18(26)19-12-3-2-4-14(8-12)23(27)28)22-21-13-6-5-11-7-16(25)20-15(11)9-13;1-10(24)17(18(26)20-13-4-2-3-12(19)8-13)23-22-14-6-5-11-7-16(25)21-15(11)9-14;1-3-12(10-9-11(2)14(15)16)13-7-5-4-6-8-13;1-7(13)5-10(14)11-8-3-2-4-9(6-8)12(15)16;9-6-2-1-5-3-8(11)10-7(5)4-6;;;;;;;;;/h5-12,15-19,21,38H,4,13-14H2,1-3H3,(H,32,39)(H,33,40)(H2,34,35,41);2-6,8-9,24H,7H2,1H3,(H,19,26)(H,20,25);2-6,8-9,24H,7,19H2,1H3,(H,20,26)(H,21,25);4-8,11-12H,3,9-10H2,1-2H3,(H,15,16);2-4,6H,5H2,1H3,(H,11,14);1-2,4H,3,9H2,(H,10,11);8*1H4;1H2/q;;;;;;;;;;;;;;-1. The van der Waals surface area contributed by atoms with E-state index in [2.05, 4.69) is 121 Å². The summed E-state index contributed by atoms with van der Waals surface area (Å²) < 4.78 is 0. The number of Topliss-reactive ketones (excluding diaryl/α,β-unsaturated/α-hetero) is 1. The van der Waals surface area contributed by atoms with Gasteiger partial charge in [-0.05, 0) is 209 Å². The van der Waals surface area contributed by atoms with Crippen LogP contribution in [0.4, 0.5) is 85.3 Å². The Morgan fingerprint density at radius 3 is 1.14 bits per heavy atom. The molecule has 147 heavy (non-hydrogen) atoms. The molecular formula is C107H138N20O19P-. The molecule has 10 aromatic carbocycles. The molecule has 1 aromatic heterocycles. The van der Waals surface area contributed by atoms with E-state index in [0.29, 0.717) is 105 Å². The molecule has 3 aliphatic rings. The lowest BCUT2D eigenvalue weighted by molar-refractivity contribution is -0.385. The number of H-pyrrole nitrogens is 2. The fourth-order valence-electron chi connectivity index (χ4n) is 13.8. The highest BCUT2D eigenvalue weighted by atomic mass is 31.0. The normalized spacial score (nSPS) is 12.5. The average molecular weight is 2040 g/mol. The highest BCUT2D eigenvalue weighted by Gasteiger charge is 2.25. The highest BCUT2D eigenvalue weighted by Crippen LogP contribution is 2.34. The van der Waals surface area contributed by atoms with Crippen LogP contribution < -0.4 is 59.7 Å². The molecule has 39 nitrogen and oxygen atoms in total. The van der Waals surface area contributed by atoms with Crippen molar-refractivity contribution in [1.29, 1.82) is 0 Å². The zero-order chi connectivity index (χ0) is 100. The van der Waals surface area contributed by atoms with Crippen molar-refractivity contribution in [2.45, 2.75) is 191 Å². The number of carboxylic acids is 1. The van der Waals surface area contributed by atoms with Crippen LogP contribution in [-0.4, -0.2) is 99.3 Å². The number of carbonyl (C=O) groups is 10. The zero-order valence-corrected chi connectivity index (χ0v) is 78.2. The highest BCUT2D eigenvalue weighted by molar-refractivity contribution is 6.92. The number of hydrogen-bond acceptors (Lipinski definition) is 26. The van der Waals surface area contributed by atoms with Gasteiger partial charge in [-0.1, -0.05) is 190 Å². The number of aliphatic hydroxyl groups is 3. The number of hydrogen-bond donors (Lipinski definition) is 16. The number of non-ortho nitro benzene ring substituents is 2. The predicted molar refractivity (Wildman–Crippen MR) is 588 cm³/mol. The SMILES string of the molecule is C.C.C.C.C.C.C.C.CC(=O)CC(=O)Nc1cccc([N+](=O)[O-])c1.CC(O)=C(N=Nc1ccc2c(c1)NC(=O)C2)C(=O)Nc1cccc(N)c1.CC(O)=C(N=Nc1ccc2c(c1)NC(=O)C2)C(=O)Nc1cccc([N+](=O)[O-])c1.CCC(CCC(C)C(=O)Nc1cccc(NC(=O)C(N=Nc2ccc3[nH]c(=O)[nH]c3c2)=C(C)O)c1)c1ccccc1.CCC(CCC(C)C(=O)O)c1ccccc1.Nc1ccc2c(c1)NC(=O)C2.[PH2-]. The van der Waals surface area contributed by atoms with Crippen LogP contribution in [0.2, 0.25) is 0 Å². The number of fused-ring (bicyclic) bond motifs is 4. The third-order valence-corrected chi connectivity index (χ3v) is 21.1. The van der Waals surface area contributed by atoms with Gasteiger partial charge in [0.15, 0.2) is 17.1 Å². The van der Waals surface area contributed by atoms with E-state index in [-0.39, 0.29) is 174 Å². The summed E-state index contributed by atoms with van der Waals surface area (Å²) in [5, 5.41) is 104. The van der Waals surface area contributed by atoms with Gasteiger partial charge in [0, 0.05) is 87.1 Å². The number of imidazole rings is 1. The summed E-state index contributed by atoms with van der Waals surface area (Å²) >= 11 is 0. The molecule has 14 rings (SSSR count). The lowest BCUT2D eigenvalue weighted by Crippen LogP contribution is -2.21. The largest absolute Gasteiger partial charge is 0.577 e. The van der Waals surface area contributed by atoms with Crippen LogP contribution in [0.1, 0.15) is 199 Å². The molecule has 4 atom stereocenters. The number of aliphatic carboxylic acids is 1. The van der Waals surface area contributed by atoms with E-state index in [0.717, 1.165) is 60.9 Å². The van der Waals surface area contributed by atoms with Crippen LogP contribution in [0.25, 0.3) is 11.0 Å². The molecule has 4 unspecified atom stereocenters. The Morgan fingerprint density at radius 2 is 0.741 bits per heavy atom. The number of aromatic nitrogens is 2. The van der Waals surface area contributed by atoms with Gasteiger partial charge in [0.25, 0.3) is 29.1 Å². The molecule has 3 aliphatic heterocycles. The van der Waals surface area contributed by atoms with Gasteiger partial charge < -0.3 is 94.3 Å². The van der Waals surface area contributed by atoms with E-state index in [1.54, 1.807) is 122 Å². The van der Waals surface area contributed by atoms with Crippen molar-refractivity contribution in [3.63, 3.8) is 0 Å². The van der Waals surface area contributed by atoms with Crippen LogP contribution in [0.5, 0.6) is 0 Å². The topological polar surface area (TPSA) is 609 Å². The van der Waals surface area contributed by atoms with Gasteiger partial charge in [-0.25, -0.2) is 4.79 Å². The molecule has 40 heteroatoms. The second-order valence-corrected chi connectivity index (χ2v) is 31.9. The lowest BCUT2D eigenvalue weighted by Gasteiger charge is -2.18. The Morgan fingerprint density at radius 1 is 0.395 bits per heavy atom. The maximum Gasteiger partial charge on any atom is 0.323 e. The summed E-state index contributed by atoms with van der Waals surface area (Å²) in [6, 6.07) is 65.4. The number of nitrogens with zero attached hydrogens (tertiary/aromatic N) is 8. The number of allylic oxidation sites excluding steroid dienone is 3. The zero-order valence-electron chi connectivity index (χ0n) is 77.0. The van der Waals surface area contributed by atoms with Gasteiger partial charge in [0.05, 0.1) is 69.5 Å². The Bertz CT molecular complexity index is 6610. The molecule has 8 amide bonds. The van der Waals surface area contributed by atoms with Crippen LogP contribution in [0, 0.1) is 32.1 Å². The maximum absolute atomic E-state index is 12.9. The van der Waals surface area contributed by atoms with Gasteiger partial charge in [-0.2, -0.15) is 15.3 Å². The summed E-state index contributed by atoms with van der Waals surface area (Å²) in [5.74, 6) is -4.26. The fourth-order valence-corrected chi connectivity index (χ4v) is 13.8. The number of nitrogen functional groups attached to an aromatic ring is 2. The Kier molecular flexibility index (Phi) is 56.0. The number of rotatable bonds is 30. The minimum Gasteiger partial charge on any atom is -0.577 e. The Hall–Kier alpha value is -17.4. The minimum absolute atomic E-state index is 0. The van der Waals surface area contributed by atoms with Gasteiger partial charge in [-0.3, -0.25) is 68.2 Å². The lowest BCUT2D eigenvalue weighted by atomic mass is 9.89. The average Bonchev–Trinajstić information content (AvgIpc) is 1.74. The van der Waals surface area contributed by atoms with Crippen LogP contribution in [-0.2, 0) is 67.2 Å². The van der Waals surface area contributed by atoms with Crippen LogP contribution >= 0.6 is 9.90 Å². The first kappa shape index (κ1) is 130. The summed E-state index contributed by atoms with van der Waals surface area (Å²) in [6.07, 6.45) is 6.30. The molecular weight excluding hydrogens is 1900 g/mol. The first-order valence-corrected chi connectivity index (χ1v) is 43.4. The van der Waals surface area contributed by atoms with Crippen molar-refractivity contribution in [1.82, 2.24) is 9.97 Å². The van der Waals surface area contributed by atoms with Crippen molar-refractivity contribution < 1.29 is 78.2 Å². The Labute approximate surface area is 859 Å². The number of aromatic amines is 2. The number of nitro groups is 2. The molecule has 0 fully saturated rings. The molecule has 11 aromatic rings. The van der Waals surface area contributed by atoms with Crippen molar-refractivity contribution in [2.75, 3.05) is 54.0 Å². The summed E-state index contributed by atoms with van der Waals surface area (Å²) in [5.41, 5.74) is 22.6. The monoisotopic (exact) mass is 2040 g/mol. The number of benzene rings is 10. The van der Waals surface area contributed by atoms with Crippen molar-refractivity contribution >= 4 is 165 Å². The second kappa shape index (κ2) is 63.5. The fraction of sp³-hybridized carbons (Fsp3) is 0.280. The molecule has 0 bridgehead atoms. The first-order valence-electron chi connectivity index (χ1n) is 43.4. The predicted octanol–water partition coefficient (Wildman–Crippen LogP) is 25.2. The van der Waals surface area contributed by atoms with E-state index in [4.69, 9.17) is 16.6 Å². The van der Waals surface area contributed by atoms with E-state index >= 15 is 0 Å². The van der Waals surface area contributed by atoms with Gasteiger partial charge in [0.2, 0.25) is 29.5 Å². The molecule has 786 valence electrons. The molecule has 0 radical (unpaired) electrons. The quantitative estimate of drug-likeness (QED) is 0.00290. The Balaban J connectivity index is 0.00000180. The number of nitro benzene ring substituents is 2. The van der Waals surface area contributed by atoms with Crippen LogP contribution in [0.15, 0.2) is 300 Å². The molecule has 0 saturated heterocycles. The van der Waals surface area contributed by atoms with Crippen molar-refractivity contribution in [2.24, 2.45) is 42.5 Å². The second-order valence-electron chi connectivity index (χ2n) is 31.9. The van der Waals surface area contributed by atoms with Crippen LogP contribution in [0.3, 0.4) is 0 Å². The van der Waals surface area contributed by atoms with E-state index in [9.17, 15) is 88.3 Å². The number of anilines is 10. The summed E-state index contributed by atoms with van der Waals surface area (Å²) in [6.45, 7) is 13.3. The van der Waals surface area contributed by atoms with Crippen molar-refractivity contribution in [3.8, 4) is 0 Å². The molecule has 0 aliphatic carbocycles. The third kappa shape index (κ3) is 41.2.